The Hall–Kier alpha value is -1.63. The van der Waals surface area contributed by atoms with Crippen LogP contribution < -0.4 is 0 Å². The smallest absolute Gasteiger partial charge is 0.223 e. The van der Waals surface area contributed by atoms with Crippen LogP contribution in [0.5, 0.6) is 0 Å². The Balaban J connectivity index is 1.26. The van der Waals surface area contributed by atoms with Gasteiger partial charge in [0, 0.05) is 46.3 Å². The summed E-state index contributed by atoms with van der Waals surface area (Å²) in [6.07, 6.45) is 1.63. The average molecular weight is 415 g/mol. The number of hydrogen-bond acceptors (Lipinski definition) is 5. The van der Waals surface area contributed by atoms with Crippen molar-refractivity contribution in [3.63, 3.8) is 0 Å². The number of nitrogens with zero attached hydrogens (tertiary/aromatic N) is 2. The molecule has 140 valence electrons. The normalized spacial score (nSPS) is 13.6. The van der Waals surface area contributed by atoms with Gasteiger partial charge in [0.05, 0.1) is 5.69 Å². The van der Waals surface area contributed by atoms with E-state index < -0.39 is 0 Å². The van der Waals surface area contributed by atoms with Crippen molar-refractivity contribution in [2.45, 2.75) is 32.1 Å². The van der Waals surface area contributed by atoms with Gasteiger partial charge in [-0.15, -0.1) is 22.7 Å². The molecule has 4 rings (SSSR count). The van der Waals surface area contributed by atoms with E-state index in [1.807, 2.05) is 46.2 Å². The maximum absolute atomic E-state index is 12.5. The molecule has 0 atom stereocenters. The highest BCUT2D eigenvalue weighted by Gasteiger charge is 2.21. The van der Waals surface area contributed by atoms with Crippen LogP contribution in [-0.4, -0.2) is 28.1 Å². The highest BCUT2D eigenvalue weighted by molar-refractivity contribution is 7.98. The fourth-order valence-electron chi connectivity index (χ4n) is 3.21. The van der Waals surface area contributed by atoms with Crippen molar-refractivity contribution in [3.05, 3.63) is 62.8 Å². The minimum atomic E-state index is 0.283. The van der Waals surface area contributed by atoms with Crippen LogP contribution >= 0.6 is 34.4 Å². The van der Waals surface area contributed by atoms with Crippen LogP contribution in [0.1, 0.15) is 27.4 Å². The third-order valence-corrected chi connectivity index (χ3v) is 8.17. The lowest BCUT2D eigenvalue weighted by atomic mass is 10.1. The Morgan fingerprint density at radius 3 is 2.96 bits per heavy atom. The summed E-state index contributed by atoms with van der Waals surface area (Å²) in [5.74, 6) is 2.08. The minimum absolute atomic E-state index is 0.283. The van der Waals surface area contributed by atoms with Crippen LogP contribution in [0.4, 0.5) is 0 Å². The first kappa shape index (κ1) is 18.7. The number of amides is 1. The molecule has 0 N–H and O–H groups in total. The van der Waals surface area contributed by atoms with Gasteiger partial charge in [-0.2, -0.15) is 11.8 Å². The number of benzene rings is 1. The molecule has 0 spiro atoms. The Morgan fingerprint density at radius 1 is 1.26 bits per heavy atom. The van der Waals surface area contributed by atoms with Crippen molar-refractivity contribution in [3.8, 4) is 10.6 Å². The first-order valence-electron chi connectivity index (χ1n) is 9.13. The summed E-state index contributed by atoms with van der Waals surface area (Å²) < 4.78 is 0. The van der Waals surface area contributed by atoms with Crippen molar-refractivity contribution in [1.29, 1.82) is 0 Å². The van der Waals surface area contributed by atoms with Gasteiger partial charge in [0.15, 0.2) is 0 Å². The predicted octanol–water partition coefficient (Wildman–Crippen LogP) is 5.39. The molecule has 2 aromatic heterocycles. The Bertz CT molecular complexity index is 917. The number of hydrogen-bond donors (Lipinski definition) is 0. The second kappa shape index (κ2) is 8.59. The number of fused-ring (bicyclic) bond motifs is 1. The van der Waals surface area contributed by atoms with Crippen LogP contribution in [0.25, 0.3) is 10.6 Å². The molecule has 6 heteroatoms. The van der Waals surface area contributed by atoms with E-state index in [0.717, 1.165) is 41.7 Å². The zero-order valence-electron chi connectivity index (χ0n) is 15.3. The number of aryl methyl sites for hydroxylation is 1. The van der Waals surface area contributed by atoms with Gasteiger partial charge in [-0.05, 0) is 30.4 Å². The predicted molar refractivity (Wildman–Crippen MR) is 117 cm³/mol. The third kappa shape index (κ3) is 4.45. The molecule has 1 aliphatic heterocycles. The third-order valence-electron chi connectivity index (χ3n) is 4.77. The van der Waals surface area contributed by atoms with E-state index in [0.29, 0.717) is 6.42 Å². The molecule has 0 fully saturated rings. The number of thiazole rings is 1. The van der Waals surface area contributed by atoms with Crippen molar-refractivity contribution in [2.24, 2.45) is 0 Å². The highest BCUT2D eigenvalue weighted by atomic mass is 32.2. The summed E-state index contributed by atoms with van der Waals surface area (Å²) in [6.45, 7) is 3.73. The standard InChI is InChI=1S/C21H22N2OS3/c1-15-19(27-21(22-15)16-5-3-2-4-6-16)14-25-11-9-20(24)23-10-7-18-17(13-23)8-12-26-18/h2-6,8,12H,7,9-11,13-14H2,1H3. The molecule has 0 unspecified atom stereocenters. The lowest BCUT2D eigenvalue weighted by Gasteiger charge is -2.27. The van der Waals surface area contributed by atoms with Crippen LogP contribution in [0.3, 0.4) is 0 Å². The van der Waals surface area contributed by atoms with E-state index in [1.54, 1.807) is 11.3 Å². The second-order valence-corrected chi connectivity index (χ2v) is 9.82. The molecule has 3 heterocycles. The van der Waals surface area contributed by atoms with Gasteiger partial charge in [-0.3, -0.25) is 4.79 Å². The van der Waals surface area contributed by atoms with Crippen LogP contribution in [0.2, 0.25) is 0 Å². The fraction of sp³-hybridized carbons (Fsp3) is 0.333. The summed E-state index contributed by atoms with van der Waals surface area (Å²) in [5.41, 5.74) is 3.62. The summed E-state index contributed by atoms with van der Waals surface area (Å²) in [4.78, 5) is 22.0. The number of rotatable bonds is 6. The topological polar surface area (TPSA) is 33.2 Å². The molecule has 0 saturated carbocycles. The van der Waals surface area contributed by atoms with Gasteiger partial charge in [0.1, 0.15) is 5.01 Å². The van der Waals surface area contributed by atoms with Gasteiger partial charge in [-0.25, -0.2) is 4.98 Å². The molecule has 3 nitrogen and oxygen atoms in total. The first-order chi connectivity index (χ1) is 13.2. The highest BCUT2D eigenvalue weighted by Crippen LogP contribution is 2.30. The SMILES string of the molecule is Cc1nc(-c2ccccc2)sc1CSCCC(=O)N1CCc2sccc2C1. The summed E-state index contributed by atoms with van der Waals surface area (Å²) in [6, 6.07) is 12.5. The maximum Gasteiger partial charge on any atom is 0.223 e. The summed E-state index contributed by atoms with van der Waals surface area (Å²) in [5, 5.41) is 3.22. The monoisotopic (exact) mass is 414 g/mol. The fourth-order valence-corrected chi connectivity index (χ4v) is 6.31. The zero-order chi connectivity index (χ0) is 18.6. The minimum Gasteiger partial charge on any atom is -0.338 e. The quantitative estimate of drug-likeness (QED) is 0.507. The lowest BCUT2D eigenvalue weighted by molar-refractivity contribution is -0.131. The second-order valence-electron chi connectivity index (χ2n) is 6.63. The van der Waals surface area contributed by atoms with Crippen molar-refractivity contribution < 1.29 is 4.79 Å². The number of carbonyl (C=O) groups excluding carboxylic acids is 1. The molecular weight excluding hydrogens is 392 g/mol. The van der Waals surface area contributed by atoms with Gasteiger partial charge >= 0.3 is 0 Å². The molecule has 0 radical (unpaired) electrons. The van der Waals surface area contributed by atoms with Crippen molar-refractivity contribution >= 4 is 40.3 Å². The molecule has 27 heavy (non-hydrogen) atoms. The number of aromatic nitrogens is 1. The number of carbonyl (C=O) groups is 1. The van der Waals surface area contributed by atoms with Crippen LogP contribution in [0.15, 0.2) is 41.8 Å². The van der Waals surface area contributed by atoms with E-state index >= 15 is 0 Å². The number of thioether (sulfide) groups is 1. The van der Waals surface area contributed by atoms with E-state index in [9.17, 15) is 4.79 Å². The summed E-state index contributed by atoms with van der Waals surface area (Å²) in [7, 11) is 0. The Morgan fingerprint density at radius 2 is 2.11 bits per heavy atom. The van der Waals surface area contributed by atoms with E-state index in [-0.39, 0.29) is 5.91 Å². The molecule has 1 aliphatic rings. The summed E-state index contributed by atoms with van der Waals surface area (Å²) >= 11 is 5.41. The molecule has 0 saturated heterocycles. The molecule has 0 aliphatic carbocycles. The molecule has 0 bridgehead atoms. The van der Waals surface area contributed by atoms with Crippen molar-refractivity contribution in [1.82, 2.24) is 9.88 Å². The molecule has 1 amide bonds. The van der Waals surface area contributed by atoms with E-state index in [4.69, 9.17) is 4.98 Å². The van der Waals surface area contributed by atoms with Gasteiger partial charge in [0.2, 0.25) is 5.91 Å². The lowest BCUT2D eigenvalue weighted by Crippen LogP contribution is -2.35. The number of thiophene rings is 1. The van der Waals surface area contributed by atoms with Crippen molar-refractivity contribution in [2.75, 3.05) is 12.3 Å². The van der Waals surface area contributed by atoms with E-state index in [2.05, 4.69) is 30.5 Å². The maximum atomic E-state index is 12.5. The van der Waals surface area contributed by atoms with Gasteiger partial charge < -0.3 is 4.90 Å². The first-order valence-corrected chi connectivity index (χ1v) is 12.0. The molecule has 3 aromatic rings. The molecule has 1 aromatic carbocycles. The van der Waals surface area contributed by atoms with Gasteiger partial charge in [-0.1, -0.05) is 30.3 Å². The Kier molecular flexibility index (Phi) is 5.95. The van der Waals surface area contributed by atoms with Gasteiger partial charge in [0.25, 0.3) is 0 Å². The zero-order valence-corrected chi connectivity index (χ0v) is 17.8. The van der Waals surface area contributed by atoms with Crippen LogP contribution in [-0.2, 0) is 23.5 Å². The van der Waals surface area contributed by atoms with E-state index in [1.165, 1.54) is 20.9 Å². The molecular formula is C21H22N2OS3. The largest absolute Gasteiger partial charge is 0.338 e. The average Bonchev–Trinajstić information content (AvgIpc) is 3.31. The Labute approximate surface area is 172 Å². The van der Waals surface area contributed by atoms with Crippen LogP contribution in [0, 0.1) is 6.92 Å².